The Hall–Kier alpha value is -2.50. The fourth-order valence-corrected chi connectivity index (χ4v) is 4.20. The van der Waals surface area contributed by atoms with E-state index in [2.05, 4.69) is 36.4 Å². The molecule has 0 N–H and O–H groups in total. The summed E-state index contributed by atoms with van der Waals surface area (Å²) in [5, 5.41) is 0. The monoisotopic (exact) mass is 404 g/mol. The van der Waals surface area contributed by atoms with Crippen molar-refractivity contribution in [2.24, 2.45) is 0 Å². The summed E-state index contributed by atoms with van der Waals surface area (Å²) in [6.07, 6.45) is 0.129. The van der Waals surface area contributed by atoms with Crippen molar-refractivity contribution < 1.29 is 18.9 Å². The van der Waals surface area contributed by atoms with Crippen molar-refractivity contribution in [1.82, 2.24) is 0 Å². The van der Waals surface area contributed by atoms with Gasteiger partial charge >= 0.3 is 0 Å². The Morgan fingerprint density at radius 3 is 1.60 bits per heavy atom. The molecule has 0 amide bonds. The van der Waals surface area contributed by atoms with E-state index in [9.17, 15) is 0 Å². The predicted octanol–water partition coefficient (Wildman–Crippen LogP) is 4.77. The maximum absolute atomic E-state index is 6.84. The van der Waals surface area contributed by atoms with Crippen molar-refractivity contribution in [3.8, 4) is 0 Å². The molecule has 0 aliphatic carbocycles. The quantitative estimate of drug-likeness (QED) is 0.507. The normalized spacial score (nSPS) is 21.6. The van der Waals surface area contributed by atoms with Crippen LogP contribution in [0.4, 0.5) is 0 Å². The summed E-state index contributed by atoms with van der Waals surface area (Å²) >= 11 is 0. The number of benzene rings is 3. The van der Waals surface area contributed by atoms with Gasteiger partial charge in [-0.05, 0) is 16.7 Å². The molecule has 30 heavy (non-hydrogen) atoms. The second kappa shape index (κ2) is 9.54. The van der Waals surface area contributed by atoms with Crippen molar-refractivity contribution in [3.05, 3.63) is 108 Å². The van der Waals surface area contributed by atoms with E-state index >= 15 is 0 Å². The third-order valence-corrected chi connectivity index (χ3v) is 5.74. The first-order chi connectivity index (χ1) is 14.8. The molecular formula is C26H28O4. The van der Waals surface area contributed by atoms with E-state index in [4.69, 9.17) is 18.9 Å². The van der Waals surface area contributed by atoms with Crippen LogP contribution in [0.25, 0.3) is 0 Å². The first-order valence-electron chi connectivity index (χ1n) is 10.3. The lowest BCUT2D eigenvalue weighted by atomic mass is 9.80. The van der Waals surface area contributed by atoms with Gasteiger partial charge in [-0.1, -0.05) is 91.0 Å². The molecule has 0 bridgehead atoms. The van der Waals surface area contributed by atoms with Crippen molar-refractivity contribution in [1.29, 1.82) is 0 Å². The highest BCUT2D eigenvalue weighted by Crippen LogP contribution is 2.41. The molecule has 0 spiro atoms. The Bertz CT molecular complexity index is 801. The molecule has 0 saturated carbocycles. The molecule has 1 saturated heterocycles. The molecule has 156 valence electrons. The van der Waals surface area contributed by atoms with Crippen molar-refractivity contribution >= 4 is 0 Å². The van der Waals surface area contributed by atoms with Crippen LogP contribution in [0, 0.1) is 0 Å². The molecule has 1 aliphatic rings. The predicted molar refractivity (Wildman–Crippen MR) is 116 cm³/mol. The van der Waals surface area contributed by atoms with Gasteiger partial charge in [0.05, 0.1) is 12.7 Å². The van der Waals surface area contributed by atoms with Crippen molar-refractivity contribution in [2.45, 2.75) is 30.5 Å². The van der Waals surface area contributed by atoms with Gasteiger partial charge in [0.15, 0.2) is 6.29 Å². The molecule has 3 atom stereocenters. The highest BCUT2D eigenvalue weighted by Gasteiger charge is 2.41. The van der Waals surface area contributed by atoms with Gasteiger partial charge in [0.1, 0.15) is 11.7 Å². The summed E-state index contributed by atoms with van der Waals surface area (Å²) in [6.45, 7) is 0.372. The van der Waals surface area contributed by atoms with Crippen LogP contribution in [0.2, 0.25) is 0 Å². The zero-order valence-corrected chi connectivity index (χ0v) is 17.4. The van der Waals surface area contributed by atoms with E-state index in [1.54, 1.807) is 14.2 Å². The number of hydrogen-bond donors (Lipinski definition) is 0. The van der Waals surface area contributed by atoms with E-state index < -0.39 is 5.60 Å². The molecular weight excluding hydrogens is 376 g/mol. The Labute approximate surface area is 178 Å². The molecule has 0 radical (unpaired) electrons. The van der Waals surface area contributed by atoms with Crippen LogP contribution in [0.15, 0.2) is 91.0 Å². The molecule has 4 rings (SSSR count). The molecule has 3 aromatic carbocycles. The average molecular weight is 405 g/mol. The van der Waals surface area contributed by atoms with E-state index in [1.165, 1.54) is 0 Å². The van der Waals surface area contributed by atoms with Gasteiger partial charge < -0.3 is 18.9 Å². The Balaban J connectivity index is 1.77. The number of hydrogen-bond acceptors (Lipinski definition) is 4. The number of ether oxygens (including phenoxy) is 4. The first-order valence-corrected chi connectivity index (χ1v) is 10.3. The van der Waals surface area contributed by atoms with E-state index in [0.717, 1.165) is 16.7 Å². The van der Waals surface area contributed by atoms with Crippen molar-refractivity contribution in [3.63, 3.8) is 0 Å². The van der Waals surface area contributed by atoms with Crippen LogP contribution in [0.5, 0.6) is 0 Å². The van der Waals surface area contributed by atoms with E-state index in [-0.39, 0.29) is 18.5 Å². The van der Waals surface area contributed by atoms with Crippen LogP contribution in [0.3, 0.4) is 0 Å². The summed E-state index contributed by atoms with van der Waals surface area (Å²) in [6, 6.07) is 31.0. The maximum atomic E-state index is 6.84. The van der Waals surface area contributed by atoms with Crippen molar-refractivity contribution in [2.75, 3.05) is 20.8 Å². The van der Waals surface area contributed by atoms with Gasteiger partial charge in [0, 0.05) is 20.6 Å². The summed E-state index contributed by atoms with van der Waals surface area (Å²) < 4.78 is 23.9. The third kappa shape index (κ3) is 4.05. The Kier molecular flexibility index (Phi) is 6.60. The topological polar surface area (TPSA) is 36.9 Å². The zero-order chi connectivity index (χ0) is 20.8. The SMILES string of the molecule is CO[C@@H]1C[C@H](OC)[C@@H](COC(c2ccccc2)(c2ccccc2)c2ccccc2)O1. The zero-order valence-electron chi connectivity index (χ0n) is 17.4. The molecule has 0 aromatic heterocycles. The second-order valence-corrected chi connectivity index (χ2v) is 7.44. The minimum Gasteiger partial charge on any atom is -0.378 e. The van der Waals surface area contributed by atoms with Gasteiger partial charge in [0.2, 0.25) is 0 Å². The minimum atomic E-state index is -0.767. The van der Waals surface area contributed by atoms with Crippen LogP contribution < -0.4 is 0 Å². The van der Waals surface area contributed by atoms with E-state index in [1.807, 2.05) is 54.6 Å². The second-order valence-electron chi connectivity index (χ2n) is 7.44. The molecule has 4 heteroatoms. The van der Waals surface area contributed by atoms with Gasteiger partial charge in [-0.3, -0.25) is 0 Å². The molecule has 1 fully saturated rings. The first kappa shape index (κ1) is 20.8. The van der Waals surface area contributed by atoms with Gasteiger partial charge in [-0.2, -0.15) is 0 Å². The molecule has 1 heterocycles. The summed E-state index contributed by atoms with van der Waals surface area (Å²) in [5.41, 5.74) is 2.43. The highest BCUT2D eigenvalue weighted by molar-refractivity contribution is 5.47. The van der Waals surface area contributed by atoms with Crippen LogP contribution in [0.1, 0.15) is 23.1 Å². The summed E-state index contributed by atoms with van der Waals surface area (Å²) in [4.78, 5) is 0. The standard InChI is InChI=1S/C26H28O4/c1-27-23-18-25(28-2)30-24(23)19-29-26(20-12-6-3-7-13-20,21-14-8-4-9-15-21)22-16-10-5-11-17-22/h3-17,23-25H,18-19H2,1-2H3/t23-,24+,25-/m0/s1. The van der Waals surface area contributed by atoms with Gasteiger partial charge in [0.25, 0.3) is 0 Å². The molecule has 1 aliphatic heterocycles. The molecule has 3 aromatic rings. The lowest BCUT2D eigenvalue weighted by Crippen LogP contribution is -2.38. The van der Waals surface area contributed by atoms with E-state index in [0.29, 0.717) is 13.0 Å². The van der Waals surface area contributed by atoms with Crippen LogP contribution in [-0.4, -0.2) is 39.3 Å². The van der Waals surface area contributed by atoms with Gasteiger partial charge in [-0.25, -0.2) is 0 Å². The lowest BCUT2D eigenvalue weighted by Gasteiger charge is -2.37. The van der Waals surface area contributed by atoms with Crippen LogP contribution in [-0.2, 0) is 24.5 Å². The maximum Gasteiger partial charge on any atom is 0.160 e. The van der Waals surface area contributed by atoms with Gasteiger partial charge in [-0.15, -0.1) is 0 Å². The molecule has 4 nitrogen and oxygen atoms in total. The largest absolute Gasteiger partial charge is 0.378 e. The summed E-state index contributed by atoms with van der Waals surface area (Å²) in [5.74, 6) is 0. The number of methoxy groups -OCH3 is 2. The fourth-order valence-electron chi connectivity index (χ4n) is 4.20. The lowest BCUT2D eigenvalue weighted by molar-refractivity contribution is -0.146. The summed E-state index contributed by atoms with van der Waals surface area (Å²) in [7, 11) is 3.36. The third-order valence-electron chi connectivity index (χ3n) is 5.74. The highest BCUT2D eigenvalue weighted by atomic mass is 16.7. The Morgan fingerprint density at radius 2 is 1.20 bits per heavy atom. The smallest absolute Gasteiger partial charge is 0.160 e. The molecule has 0 unspecified atom stereocenters. The average Bonchev–Trinajstić information content (AvgIpc) is 3.24. The van der Waals surface area contributed by atoms with Crippen LogP contribution >= 0.6 is 0 Å². The minimum absolute atomic E-state index is 0.0741. The number of rotatable bonds is 8. The fraction of sp³-hybridized carbons (Fsp3) is 0.308. The Morgan fingerprint density at radius 1 is 0.733 bits per heavy atom.